The van der Waals surface area contributed by atoms with Crippen LogP contribution in [-0.4, -0.2) is 43.7 Å². The van der Waals surface area contributed by atoms with E-state index in [-0.39, 0.29) is 18.6 Å². The number of amides is 1. The summed E-state index contributed by atoms with van der Waals surface area (Å²) in [5.74, 6) is 0.518. The predicted octanol–water partition coefficient (Wildman–Crippen LogP) is 2.21. The highest BCUT2D eigenvalue weighted by Crippen LogP contribution is 2.12. The molecule has 0 N–H and O–H groups in total. The summed E-state index contributed by atoms with van der Waals surface area (Å²) < 4.78 is 10.5. The summed E-state index contributed by atoms with van der Waals surface area (Å²) in [6, 6.07) is 8.89. The van der Waals surface area contributed by atoms with Crippen molar-refractivity contribution in [2.24, 2.45) is 0 Å². The molecular weight excluding hydrogens is 268 g/mol. The lowest BCUT2D eigenvalue weighted by atomic mass is 10.2. The average Bonchev–Trinajstić information content (AvgIpc) is 2.53. The van der Waals surface area contributed by atoms with Crippen LogP contribution in [0.1, 0.15) is 25.8 Å². The second kappa shape index (κ2) is 8.98. The lowest BCUT2D eigenvalue weighted by Gasteiger charge is -2.28. The summed E-state index contributed by atoms with van der Waals surface area (Å²) in [4.78, 5) is 14.0. The molecule has 1 unspecified atom stereocenters. The van der Waals surface area contributed by atoms with Gasteiger partial charge >= 0.3 is 0 Å². The van der Waals surface area contributed by atoms with Crippen molar-refractivity contribution in [3.05, 3.63) is 29.8 Å². The van der Waals surface area contributed by atoms with E-state index in [1.807, 2.05) is 19.9 Å². The van der Waals surface area contributed by atoms with Gasteiger partial charge in [-0.25, -0.2) is 0 Å². The number of methoxy groups -OCH3 is 1. The lowest BCUT2D eigenvalue weighted by molar-refractivity contribution is -0.136. The number of nitriles is 1. The first-order valence-corrected chi connectivity index (χ1v) is 7.03. The highest BCUT2D eigenvalue weighted by atomic mass is 16.5. The molecule has 0 aliphatic heterocycles. The van der Waals surface area contributed by atoms with Gasteiger partial charge in [0.2, 0.25) is 0 Å². The van der Waals surface area contributed by atoms with Gasteiger partial charge in [0.25, 0.3) is 5.91 Å². The molecule has 114 valence electrons. The van der Waals surface area contributed by atoms with Crippen molar-refractivity contribution in [3.8, 4) is 11.8 Å². The van der Waals surface area contributed by atoms with Crippen LogP contribution in [0.2, 0.25) is 0 Å². The minimum atomic E-state index is -0.0641. The van der Waals surface area contributed by atoms with Crippen molar-refractivity contribution in [3.63, 3.8) is 0 Å². The van der Waals surface area contributed by atoms with Crippen LogP contribution in [0.5, 0.6) is 5.75 Å². The van der Waals surface area contributed by atoms with E-state index in [9.17, 15) is 4.79 Å². The standard InChI is InChI=1S/C16H22N2O3/c1-4-13(2)18(9-10-20-3)16(19)12-21-15-7-5-14(11-17)6-8-15/h5-8,13H,4,9-10,12H2,1-3H3. The first-order valence-electron chi connectivity index (χ1n) is 7.03. The zero-order valence-electron chi connectivity index (χ0n) is 12.8. The topological polar surface area (TPSA) is 62.6 Å². The molecule has 0 saturated heterocycles. The van der Waals surface area contributed by atoms with Gasteiger partial charge in [-0.15, -0.1) is 0 Å². The second-order valence-corrected chi connectivity index (χ2v) is 4.76. The number of hydrogen-bond donors (Lipinski definition) is 0. The third kappa shape index (κ3) is 5.44. The molecule has 0 fully saturated rings. The third-order valence-electron chi connectivity index (χ3n) is 3.33. The quantitative estimate of drug-likeness (QED) is 0.736. The molecule has 0 radical (unpaired) electrons. The lowest BCUT2D eigenvalue weighted by Crippen LogP contribution is -2.43. The van der Waals surface area contributed by atoms with Crippen molar-refractivity contribution < 1.29 is 14.3 Å². The molecule has 1 aromatic rings. The molecule has 1 aromatic carbocycles. The number of rotatable bonds is 8. The van der Waals surface area contributed by atoms with Crippen LogP contribution < -0.4 is 4.74 Å². The van der Waals surface area contributed by atoms with E-state index in [0.29, 0.717) is 24.5 Å². The van der Waals surface area contributed by atoms with Gasteiger partial charge < -0.3 is 14.4 Å². The molecular formula is C16H22N2O3. The van der Waals surface area contributed by atoms with Crippen molar-refractivity contribution in [1.29, 1.82) is 5.26 Å². The molecule has 1 amide bonds. The predicted molar refractivity (Wildman–Crippen MR) is 80.0 cm³/mol. The molecule has 0 aromatic heterocycles. The molecule has 0 heterocycles. The summed E-state index contributed by atoms with van der Waals surface area (Å²) in [6.45, 7) is 5.10. The van der Waals surface area contributed by atoms with Crippen LogP contribution in [-0.2, 0) is 9.53 Å². The summed E-state index contributed by atoms with van der Waals surface area (Å²) in [6.07, 6.45) is 0.881. The van der Waals surface area contributed by atoms with Crippen LogP contribution in [0.15, 0.2) is 24.3 Å². The zero-order chi connectivity index (χ0) is 15.7. The number of ether oxygens (including phenoxy) is 2. The molecule has 1 rings (SSSR count). The maximum atomic E-state index is 12.2. The third-order valence-corrected chi connectivity index (χ3v) is 3.33. The SMILES string of the molecule is CCC(C)N(CCOC)C(=O)COc1ccc(C#N)cc1. The molecule has 0 aliphatic rings. The first kappa shape index (κ1) is 17.0. The minimum Gasteiger partial charge on any atom is -0.484 e. The Kier molecular flexibility index (Phi) is 7.27. The van der Waals surface area contributed by atoms with Gasteiger partial charge in [-0.05, 0) is 37.6 Å². The van der Waals surface area contributed by atoms with E-state index in [1.165, 1.54) is 0 Å². The van der Waals surface area contributed by atoms with E-state index in [2.05, 4.69) is 0 Å². The van der Waals surface area contributed by atoms with Gasteiger partial charge in [0.05, 0.1) is 18.2 Å². The van der Waals surface area contributed by atoms with Gasteiger partial charge in [0.1, 0.15) is 5.75 Å². The van der Waals surface area contributed by atoms with Crippen molar-refractivity contribution in [2.45, 2.75) is 26.3 Å². The van der Waals surface area contributed by atoms with Crippen molar-refractivity contribution >= 4 is 5.91 Å². The number of hydrogen-bond acceptors (Lipinski definition) is 4. The minimum absolute atomic E-state index is 0.0139. The molecule has 0 saturated carbocycles. The van der Waals surface area contributed by atoms with E-state index in [0.717, 1.165) is 6.42 Å². The molecule has 1 atom stereocenters. The number of carbonyl (C=O) groups excluding carboxylic acids is 1. The maximum Gasteiger partial charge on any atom is 0.260 e. The normalized spacial score (nSPS) is 11.5. The Morgan fingerprint density at radius 2 is 2.05 bits per heavy atom. The maximum absolute atomic E-state index is 12.2. The fourth-order valence-electron chi connectivity index (χ4n) is 1.85. The number of carbonyl (C=O) groups is 1. The Morgan fingerprint density at radius 1 is 1.38 bits per heavy atom. The summed E-state index contributed by atoms with van der Waals surface area (Å²) >= 11 is 0. The first-order chi connectivity index (χ1) is 10.1. The summed E-state index contributed by atoms with van der Waals surface area (Å²) in [7, 11) is 1.62. The van der Waals surface area contributed by atoms with E-state index in [1.54, 1.807) is 36.3 Å². The Labute approximate surface area is 126 Å². The van der Waals surface area contributed by atoms with Gasteiger partial charge in [0.15, 0.2) is 6.61 Å². The Balaban J connectivity index is 2.57. The highest BCUT2D eigenvalue weighted by molar-refractivity contribution is 5.78. The second-order valence-electron chi connectivity index (χ2n) is 4.76. The summed E-state index contributed by atoms with van der Waals surface area (Å²) in [5.41, 5.74) is 0.565. The van der Waals surface area contributed by atoms with E-state index >= 15 is 0 Å². The molecule has 0 bridgehead atoms. The van der Waals surface area contributed by atoms with Gasteiger partial charge in [0, 0.05) is 19.7 Å². The van der Waals surface area contributed by atoms with Crippen LogP contribution in [0.3, 0.4) is 0 Å². The fraction of sp³-hybridized carbons (Fsp3) is 0.500. The fourth-order valence-corrected chi connectivity index (χ4v) is 1.85. The van der Waals surface area contributed by atoms with Gasteiger partial charge in [-0.1, -0.05) is 6.92 Å². The Morgan fingerprint density at radius 3 is 2.57 bits per heavy atom. The zero-order valence-corrected chi connectivity index (χ0v) is 12.8. The highest BCUT2D eigenvalue weighted by Gasteiger charge is 2.18. The molecule has 0 aliphatic carbocycles. The number of nitrogens with zero attached hydrogens (tertiary/aromatic N) is 2. The summed E-state index contributed by atoms with van der Waals surface area (Å²) in [5, 5.41) is 8.73. The van der Waals surface area contributed by atoms with Gasteiger partial charge in [-0.2, -0.15) is 5.26 Å². The van der Waals surface area contributed by atoms with Crippen LogP contribution in [0, 0.1) is 11.3 Å². The van der Waals surface area contributed by atoms with Crippen molar-refractivity contribution in [2.75, 3.05) is 26.9 Å². The number of benzene rings is 1. The monoisotopic (exact) mass is 290 g/mol. The van der Waals surface area contributed by atoms with Crippen LogP contribution in [0.4, 0.5) is 0 Å². The molecule has 0 spiro atoms. The largest absolute Gasteiger partial charge is 0.484 e. The van der Waals surface area contributed by atoms with E-state index < -0.39 is 0 Å². The van der Waals surface area contributed by atoms with Crippen LogP contribution in [0.25, 0.3) is 0 Å². The Hall–Kier alpha value is -2.06. The van der Waals surface area contributed by atoms with Crippen LogP contribution >= 0.6 is 0 Å². The average molecular weight is 290 g/mol. The van der Waals surface area contributed by atoms with Gasteiger partial charge in [-0.3, -0.25) is 4.79 Å². The van der Waals surface area contributed by atoms with Crippen molar-refractivity contribution in [1.82, 2.24) is 4.90 Å². The molecule has 5 nitrogen and oxygen atoms in total. The Bertz CT molecular complexity index is 479. The molecule has 5 heteroatoms. The van der Waals surface area contributed by atoms with E-state index in [4.69, 9.17) is 14.7 Å². The molecule has 21 heavy (non-hydrogen) atoms. The smallest absolute Gasteiger partial charge is 0.260 e.